The summed E-state index contributed by atoms with van der Waals surface area (Å²) in [5.41, 5.74) is -0.818. The maximum Gasteiger partial charge on any atom is 0.328 e. The van der Waals surface area contributed by atoms with E-state index >= 15 is 0 Å². The van der Waals surface area contributed by atoms with Gasteiger partial charge in [-0.15, -0.1) is 0 Å². The fraction of sp³-hybridized carbons (Fsp3) is 0.484. The van der Waals surface area contributed by atoms with Crippen LogP contribution in [0.4, 0.5) is 5.69 Å². The van der Waals surface area contributed by atoms with Crippen molar-refractivity contribution in [2.24, 2.45) is 16.7 Å². The summed E-state index contributed by atoms with van der Waals surface area (Å²) in [5, 5.41) is 6.08. The molecule has 8 nitrogen and oxygen atoms in total. The highest BCUT2D eigenvalue weighted by molar-refractivity contribution is 6.40. The molecule has 0 saturated heterocycles. The quantitative estimate of drug-likeness (QED) is 0.345. The number of hydrogen-bond acceptors (Lipinski definition) is 6. The van der Waals surface area contributed by atoms with E-state index in [1.165, 1.54) is 7.11 Å². The number of ether oxygens (including phenoxy) is 2. The summed E-state index contributed by atoms with van der Waals surface area (Å²) in [6, 6.07) is 10.7. The molecule has 1 saturated carbocycles. The van der Waals surface area contributed by atoms with E-state index in [1.54, 1.807) is 42.5 Å². The van der Waals surface area contributed by atoms with Crippen molar-refractivity contribution < 1.29 is 28.7 Å². The number of benzene rings is 2. The van der Waals surface area contributed by atoms with E-state index in [4.69, 9.17) is 32.7 Å². The second kappa shape index (κ2) is 12.4. The first-order valence-electron chi connectivity index (χ1n) is 13.5. The molecule has 3 unspecified atom stereocenters. The van der Waals surface area contributed by atoms with E-state index in [0.29, 0.717) is 18.5 Å². The summed E-state index contributed by atoms with van der Waals surface area (Å²) in [6.45, 7) is 11.1. The number of anilines is 1. The van der Waals surface area contributed by atoms with Gasteiger partial charge in [0.05, 0.1) is 28.1 Å². The molecule has 0 spiro atoms. The molecular formula is C31H38Cl2N2O6. The van der Waals surface area contributed by atoms with Crippen molar-refractivity contribution in [3.63, 3.8) is 0 Å². The van der Waals surface area contributed by atoms with Crippen molar-refractivity contribution in [2.75, 3.05) is 12.4 Å². The summed E-state index contributed by atoms with van der Waals surface area (Å²) in [6.07, 6.45) is 1.13. The molecule has 1 aliphatic rings. The van der Waals surface area contributed by atoms with Crippen LogP contribution in [0.2, 0.25) is 10.0 Å². The molecule has 0 aromatic heterocycles. The molecule has 222 valence electrons. The minimum Gasteiger partial charge on any atom is -0.467 e. The number of amides is 2. The van der Waals surface area contributed by atoms with Gasteiger partial charge in [0, 0.05) is 18.0 Å². The van der Waals surface area contributed by atoms with Crippen LogP contribution in [-0.4, -0.2) is 42.5 Å². The van der Waals surface area contributed by atoms with E-state index < -0.39 is 40.3 Å². The van der Waals surface area contributed by atoms with Crippen LogP contribution in [0.1, 0.15) is 70.3 Å². The highest BCUT2D eigenvalue weighted by Gasteiger charge is 2.59. The molecule has 1 aliphatic carbocycles. The van der Waals surface area contributed by atoms with Crippen LogP contribution in [-0.2, 0) is 30.3 Å². The number of carbonyl (C=O) groups is 4. The molecule has 3 atom stereocenters. The van der Waals surface area contributed by atoms with Crippen LogP contribution in [0.5, 0.6) is 0 Å². The van der Waals surface area contributed by atoms with Crippen molar-refractivity contribution in [3.8, 4) is 0 Å². The van der Waals surface area contributed by atoms with Gasteiger partial charge in [0.1, 0.15) is 11.6 Å². The molecular weight excluding hydrogens is 567 g/mol. The highest BCUT2D eigenvalue weighted by Crippen LogP contribution is 2.57. The van der Waals surface area contributed by atoms with Crippen LogP contribution in [0, 0.1) is 16.7 Å². The topological polar surface area (TPSA) is 111 Å². The number of carbonyl (C=O) groups excluding carboxylic acids is 4. The van der Waals surface area contributed by atoms with E-state index in [-0.39, 0.29) is 33.9 Å². The molecule has 0 bridgehead atoms. The van der Waals surface area contributed by atoms with E-state index in [9.17, 15) is 19.2 Å². The molecule has 41 heavy (non-hydrogen) atoms. The Morgan fingerprint density at radius 2 is 1.59 bits per heavy atom. The first-order chi connectivity index (χ1) is 19.0. The van der Waals surface area contributed by atoms with Gasteiger partial charge >= 0.3 is 11.9 Å². The molecule has 2 N–H and O–H groups in total. The van der Waals surface area contributed by atoms with Crippen molar-refractivity contribution in [1.29, 1.82) is 0 Å². The fourth-order valence-corrected chi connectivity index (χ4v) is 5.76. The smallest absolute Gasteiger partial charge is 0.328 e. The van der Waals surface area contributed by atoms with Crippen molar-refractivity contribution >= 4 is 52.6 Å². The Morgan fingerprint density at radius 3 is 2.12 bits per heavy atom. The van der Waals surface area contributed by atoms with Crippen LogP contribution in [0.3, 0.4) is 0 Å². The monoisotopic (exact) mass is 604 g/mol. The molecule has 10 heteroatoms. The van der Waals surface area contributed by atoms with Crippen LogP contribution >= 0.6 is 23.2 Å². The van der Waals surface area contributed by atoms with Gasteiger partial charge in [-0.2, -0.15) is 0 Å². The zero-order chi connectivity index (χ0) is 30.8. The van der Waals surface area contributed by atoms with Crippen LogP contribution in [0.25, 0.3) is 0 Å². The average Bonchev–Trinajstić information content (AvgIpc) is 3.12. The van der Waals surface area contributed by atoms with Gasteiger partial charge in [-0.25, -0.2) is 4.79 Å². The number of halogens is 2. The summed E-state index contributed by atoms with van der Waals surface area (Å²) in [5.74, 6) is -2.21. The SMILES string of the molecule is COC(=O)C(Cc1ccc(NC(=O)c2c(Cl)cccc2Cl)cc1)NC(=O)C1CCC(C)(C(=O)OC(C)(C)C)C1(C)C. The van der Waals surface area contributed by atoms with Gasteiger partial charge in [0.15, 0.2) is 0 Å². The second-order valence-electron chi connectivity index (χ2n) is 12.2. The average molecular weight is 606 g/mol. The Labute approximate surface area is 251 Å². The number of nitrogens with one attached hydrogen (secondary N) is 2. The molecule has 0 heterocycles. The lowest BCUT2D eigenvalue weighted by atomic mass is 9.65. The summed E-state index contributed by atoms with van der Waals surface area (Å²) >= 11 is 12.3. The van der Waals surface area contributed by atoms with E-state index in [2.05, 4.69) is 10.6 Å². The molecule has 2 aromatic carbocycles. The van der Waals surface area contributed by atoms with Crippen LogP contribution < -0.4 is 10.6 Å². The number of methoxy groups -OCH3 is 1. The number of esters is 2. The van der Waals surface area contributed by atoms with Gasteiger partial charge in [-0.3, -0.25) is 14.4 Å². The normalized spacial score (nSPS) is 20.6. The maximum absolute atomic E-state index is 13.5. The number of rotatable bonds is 8. The minimum absolute atomic E-state index is 0.166. The zero-order valence-corrected chi connectivity index (χ0v) is 26.0. The lowest BCUT2D eigenvalue weighted by Gasteiger charge is -2.40. The van der Waals surface area contributed by atoms with Gasteiger partial charge < -0.3 is 20.1 Å². The third-order valence-corrected chi connectivity index (χ3v) is 8.67. The fourth-order valence-electron chi connectivity index (χ4n) is 5.19. The predicted octanol–water partition coefficient (Wildman–Crippen LogP) is 6.23. The lowest BCUT2D eigenvalue weighted by molar-refractivity contribution is -0.173. The van der Waals surface area contributed by atoms with E-state index in [1.807, 2.05) is 41.5 Å². The largest absolute Gasteiger partial charge is 0.467 e. The van der Waals surface area contributed by atoms with E-state index in [0.717, 1.165) is 5.56 Å². The molecule has 1 fully saturated rings. The molecule has 0 aliphatic heterocycles. The van der Waals surface area contributed by atoms with Gasteiger partial charge in [-0.1, -0.05) is 55.2 Å². The van der Waals surface area contributed by atoms with Gasteiger partial charge in [0.2, 0.25) is 5.91 Å². The second-order valence-corrected chi connectivity index (χ2v) is 13.0. The van der Waals surface area contributed by atoms with Gasteiger partial charge in [0.25, 0.3) is 5.91 Å². The van der Waals surface area contributed by atoms with Crippen molar-refractivity contribution in [3.05, 3.63) is 63.6 Å². The van der Waals surface area contributed by atoms with Gasteiger partial charge in [-0.05, 0) is 75.8 Å². The van der Waals surface area contributed by atoms with Crippen molar-refractivity contribution in [2.45, 2.75) is 72.4 Å². The molecule has 2 aromatic rings. The Hall–Kier alpha value is -3.10. The Morgan fingerprint density at radius 1 is 1.00 bits per heavy atom. The first-order valence-corrected chi connectivity index (χ1v) is 14.2. The summed E-state index contributed by atoms with van der Waals surface area (Å²) in [4.78, 5) is 52.0. The first kappa shape index (κ1) is 32.4. The van der Waals surface area contributed by atoms with Crippen LogP contribution in [0.15, 0.2) is 42.5 Å². The number of hydrogen-bond donors (Lipinski definition) is 2. The Balaban J connectivity index is 1.71. The molecule has 2 amide bonds. The lowest BCUT2D eigenvalue weighted by Crippen LogP contribution is -2.51. The summed E-state index contributed by atoms with van der Waals surface area (Å²) in [7, 11) is 1.26. The summed E-state index contributed by atoms with van der Waals surface area (Å²) < 4.78 is 10.7. The zero-order valence-electron chi connectivity index (χ0n) is 24.5. The highest BCUT2D eigenvalue weighted by atomic mass is 35.5. The maximum atomic E-state index is 13.5. The third kappa shape index (κ3) is 7.22. The minimum atomic E-state index is -0.945. The standard InChI is InChI=1S/C31H38Cl2N2O6/c1-29(2,3)41-28(39)31(6)16-15-20(30(31,4)5)25(36)35-23(27(38)40-7)17-18-11-13-19(14-12-18)34-26(37)24-21(32)9-8-10-22(24)33/h8-14,20,23H,15-17H2,1-7H3,(H,34,37)(H,35,36). The van der Waals surface area contributed by atoms with Crippen molar-refractivity contribution in [1.82, 2.24) is 5.32 Å². The Bertz CT molecular complexity index is 1300. The predicted molar refractivity (Wildman–Crippen MR) is 159 cm³/mol. The Kier molecular flexibility index (Phi) is 9.81. The third-order valence-electron chi connectivity index (χ3n) is 8.04. The molecule has 3 rings (SSSR count). The molecule has 0 radical (unpaired) electrons.